The van der Waals surface area contributed by atoms with E-state index in [1.54, 1.807) is 0 Å². The highest BCUT2D eigenvalue weighted by Crippen LogP contribution is 2.39. The summed E-state index contributed by atoms with van der Waals surface area (Å²) >= 11 is 17.8. The maximum absolute atomic E-state index is 12.9. The monoisotopic (exact) mass is 449 g/mol. The van der Waals surface area contributed by atoms with Gasteiger partial charge in [-0.2, -0.15) is 13.2 Å². The van der Waals surface area contributed by atoms with Crippen molar-refractivity contribution in [2.45, 2.75) is 6.18 Å². The van der Waals surface area contributed by atoms with Gasteiger partial charge >= 0.3 is 6.18 Å². The van der Waals surface area contributed by atoms with E-state index in [-0.39, 0.29) is 30.7 Å². The van der Waals surface area contributed by atoms with Crippen molar-refractivity contribution in [1.82, 2.24) is 0 Å². The number of carbonyl (C=O) groups excluding carboxylic acids is 1. The summed E-state index contributed by atoms with van der Waals surface area (Å²) in [4.78, 5) is 13.9. The highest BCUT2D eigenvalue weighted by molar-refractivity contribution is 8.27. The molecule has 0 unspecified atom stereocenters. The number of anilines is 1. The lowest BCUT2D eigenvalue weighted by Gasteiger charge is -2.16. The van der Waals surface area contributed by atoms with Gasteiger partial charge in [-0.05, 0) is 42.0 Å². The topological polar surface area (TPSA) is 40.5 Å². The lowest BCUT2D eigenvalue weighted by molar-refractivity contribution is -0.137. The first-order valence-corrected chi connectivity index (χ1v) is 9.19. The van der Waals surface area contributed by atoms with E-state index in [4.69, 9.17) is 35.4 Å². The average molecular weight is 450 g/mol. The summed E-state index contributed by atoms with van der Waals surface area (Å²) in [5.74, 6) is -0.850. The average Bonchev–Trinajstić information content (AvgIpc) is 2.85. The van der Waals surface area contributed by atoms with E-state index < -0.39 is 17.6 Å². The molecule has 0 aromatic heterocycles. The first-order valence-electron chi connectivity index (χ1n) is 7.21. The molecule has 0 radical (unpaired) electrons. The van der Waals surface area contributed by atoms with E-state index in [2.05, 4.69) is 0 Å². The molecule has 1 N–H and O–H groups in total. The van der Waals surface area contributed by atoms with Crippen LogP contribution in [0.2, 0.25) is 10.0 Å². The molecule has 2 aromatic rings. The Balaban J connectivity index is 1.97. The lowest BCUT2D eigenvalue weighted by atomic mass is 10.1. The summed E-state index contributed by atoms with van der Waals surface area (Å²) in [5, 5.41) is 9.59. The van der Waals surface area contributed by atoms with Crippen LogP contribution in [0.15, 0.2) is 41.3 Å². The maximum Gasteiger partial charge on any atom is 0.416 e. The highest BCUT2D eigenvalue weighted by Gasteiger charge is 2.36. The number of rotatable bonds is 2. The SMILES string of the molecule is O=C1/C(=C/c2cc(Cl)c(O)c(Cl)c2)SC(=S)N1c1cccc(C(F)(F)F)c1. The van der Waals surface area contributed by atoms with Crippen LogP contribution in [0.4, 0.5) is 18.9 Å². The van der Waals surface area contributed by atoms with Gasteiger partial charge in [0.05, 0.1) is 26.2 Å². The van der Waals surface area contributed by atoms with Crippen LogP contribution in [0.1, 0.15) is 11.1 Å². The zero-order valence-electron chi connectivity index (χ0n) is 13.1. The van der Waals surface area contributed by atoms with Crippen LogP contribution >= 0.6 is 47.2 Å². The third kappa shape index (κ3) is 4.08. The molecule has 3 rings (SSSR count). The van der Waals surface area contributed by atoms with Gasteiger partial charge in [0.1, 0.15) is 0 Å². The van der Waals surface area contributed by atoms with Gasteiger partial charge in [0, 0.05) is 0 Å². The Hall–Kier alpha value is -1.74. The molecule has 1 aliphatic rings. The smallest absolute Gasteiger partial charge is 0.416 e. The number of nitrogens with zero attached hydrogens (tertiary/aromatic N) is 1. The number of hydrogen-bond acceptors (Lipinski definition) is 4. The molecule has 1 heterocycles. The summed E-state index contributed by atoms with van der Waals surface area (Å²) in [6.45, 7) is 0. The van der Waals surface area contributed by atoms with Crippen molar-refractivity contribution in [3.8, 4) is 5.75 Å². The van der Waals surface area contributed by atoms with Gasteiger partial charge in [-0.1, -0.05) is 53.2 Å². The van der Waals surface area contributed by atoms with Crippen LogP contribution in [0.25, 0.3) is 6.08 Å². The number of hydrogen-bond donors (Lipinski definition) is 1. The molecule has 2 aromatic carbocycles. The van der Waals surface area contributed by atoms with Gasteiger partial charge in [0.25, 0.3) is 5.91 Å². The second kappa shape index (κ2) is 7.35. The van der Waals surface area contributed by atoms with Crippen molar-refractivity contribution >= 4 is 69.2 Å². The third-order valence-corrected chi connectivity index (χ3v) is 5.44. The van der Waals surface area contributed by atoms with Crippen LogP contribution in [0, 0.1) is 0 Å². The molecule has 1 amide bonds. The van der Waals surface area contributed by atoms with Gasteiger partial charge in [0.2, 0.25) is 0 Å². The van der Waals surface area contributed by atoms with Crippen LogP contribution in [-0.2, 0) is 11.0 Å². The van der Waals surface area contributed by atoms with Crippen LogP contribution < -0.4 is 4.90 Å². The van der Waals surface area contributed by atoms with Crippen LogP contribution in [-0.4, -0.2) is 15.3 Å². The number of amides is 1. The van der Waals surface area contributed by atoms with Gasteiger partial charge in [0.15, 0.2) is 10.1 Å². The number of thioether (sulfide) groups is 1. The molecule has 140 valence electrons. The van der Waals surface area contributed by atoms with E-state index >= 15 is 0 Å². The number of thiocarbonyl (C=S) groups is 1. The molecule has 1 saturated heterocycles. The van der Waals surface area contributed by atoms with Crippen molar-refractivity contribution < 1.29 is 23.1 Å². The number of benzene rings is 2. The highest BCUT2D eigenvalue weighted by atomic mass is 35.5. The Morgan fingerprint density at radius 2 is 1.78 bits per heavy atom. The minimum atomic E-state index is -4.54. The third-order valence-electron chi connectivity index (χ3n) is 3.56. The summed E-state index contributed by atoms with van der Waals surface area (Å²) < 4.78 is 38.9. The van der Waals surface area contributed by atoms with Crippen LogP contribution in [0.5, 0.6) is 5.75 Å². The number of aromatic hydroxyl groups is 1. The number of phenolic OH excluding ortho intramolecular Hbond substituents is 1. The molecule has 3 nitrogen and oxygen atoms in total. The van der Waals surface area contributed by atoms with Crippen molar-refractivity contribution in [2.24, 2.45) is 0 Å². The van der Waals surface area contributed by atoms with Crippen molar-refractivity contribution in [3.63, 3.8) is 0 Å². The molecule has 10 heteroatoms. The fraction of sp³-hybridized carbons (Fsp3) is 0.0588. The second-order valence-corrected chi connectivity index (χ2v) is 7.89. The maximum atomic E-state index is 12.9. The van der Waals surface area contributed by atoms with Crippen molar-refractivity contribution in [3.05, 3.63) is 62.5 Å². The Kier molecular flexibility index (Phi) is 5.45. The minimum Gasteiger partial charge on any atom is -0.505 e. The van der Waals surface area contributed by atoms with Gasteiger partial charge in [-0.3, -0.25) is 9.69 Å². The van der Waals surface area contributed by atoms with Crippen molar-refractivity contribution in [1.29, 1.82) is 0 Å². The molecule has 1 aliphatic heterocycles. The molecule has 27 heavy (non-hydrogen) atoms. The summed E-state index contributed by atoms with van der Waals surface area (Å²) in [6.07, 6.45) is -3.09. The predicted molar refractivity (Wildman–Crippen MR) is 105 cm³/mol. The Morgan fingerprint density at radius 1 is 1.15 bits per heavy atom. The van der Waals surface area contributed by atoms with E-state index in [0.717, 1.165) is 28.8 Å². The number of phenols is 1. The Labute approximate surface area is 171 Å². The quantitative estimate of drug-likeness (QED) is 0.442. The van der Waals surface area contributed by atoms with E-state index in [9.17, 15) is 23.1 Å². The standard InChI is InChI=1S/C17H8Cl2F3NO2S2/c18-11-4-8(5-12(19)14(11)24)6-13-15(25)23(16(26)27-13)10-3-1-2-9(7-10)17(20,21)22/h1-7,24H/b13-6-. The fourth-order valence-electron chi connectivity index (χ4n) is 2.33. The Bertz CT molecular complexity index is 969. The number of carbonyl (C=O) groups is 1. The normalized spacial score (nSPS) is 16.5. The Morgan fingerprint density at radius 3 is 2.37 bits per heavy atom. The van der Waals surface area contributed by atoms with E-state index in [1.807, 2.05) is 0 Å². The molecular weight excluding hydrogens is 442 g/mol. The molecule has 0 saturated carbocycles. The zero-order valence-corrected chi connectivity index (χ0v) is 16.2. The molecule has 0 atom stereocenters. The van der Waals surface area contributed by atoms with Gasteiger partial charge in [-0.15, -0.1) is 0 Å². The second-order valence-electron chi connectivity index (χ2n) is 5.40. The lowest BCUT2D eigenvalue weighted by Crippen LogP contribution is -2.27. The predicted octanol–water partition coefficient (Wildman–Crippen LogP) is 6.12. The summed E-state index contributed by atoms with van der Waals surface area (Å²) in [5.41, 5.74) is -0.417. The van der Waals surface area contributed by atoms with Crippen molar-refractivity contribution in [2.75, 3.05) is 4.90 Å². The molecule has 0 aliphatic carbocycles. The summed E-state index contributed by atoms with van der Waals surface area (Å²) in [6, 6.07) is 7.16. The van der Waals surface area contributed by atoms with Crippen LogP contribution in [0.3, 0.4) is 0 Å². The number of halogens is 5. The zero-order chi connectivity index (χ0) is 19.9. The van der Waals surface area contributed by atoms with E-state index in [0.29, 0.717) is 5.56 Å². The molecule has 0 bridgehead atoms. The summed E-state index contributed by atoms with van der Waals surface area (Å²) in [7, 11) is 0. The fourth-order valence-corrected chi connectivity index (χ4v) is 4.13. The van der Waals surface area contributed by atoms with Gasteiger partial charge in [-0.25, -0.2) is 0 Å². The van der Waals surface area contributed by atoms with E-state index in [1.165, 1.54) is 30.3 Å². The number of alkyl halides is 3. The minimum absolute atomic E-state index is 0.00195. The largest absolute Gasteiger partial charge is 0.505 e. The first kappa shape index (κ1) is 20.0. The van der Waals surface area contributed by atoms with Gasteiger partial charge < -0.3 is 5.11 Å². The molecule has 0 spiro atoms. The first-order chi connectivity index (χ1) is 12.6. The molecular formula is C17H8Cl2F3NO2S2. The molecule has 1 fully saturated rings.